The topological polar surface area (TPSA) is 102 Å². The molecule has 1 aromatic carbocycles. The number of alkyl halides is 2. The van der Waals surface area contributed by atoms with E-state index in [1.54, 1.807) is 11.0 Å². The first-order chi connectivity index (χ1) is 14.6. The minimum atomic E-state index is -3.81. The summed E-state index contributed by atoms with van der Waals surface area (Å²) < 4.78 is 53.0. The number of amides is 1. The summed E-state index contributed by atoms with van der Waals surface area (Å²) in [5, 5.41) is 13.9. The number of carbonyl (C=O) groups excluding carboxylic acids is 1. The number of piperidine rings is 1. The van der Waals surface area contributed by atoms with Crippen LogP contribution in [0, 0.1) is 11.3 Å². The molecule has 168 valence electrons. The number of nitriles is 1. The van der Waals surface area contributed by atoms with Crippen molar-refractivity contribution >= 4 is 33.0 Å². The first-order valence-electron chi connectivity index (χ1n) is 10.2. The molecule has 0 unspecified atom stereocenters. The summed E-state index contributed by atoms with van der Waals surface area (Å²) in [6.07, 6.45) is 0.763. The molecule has 2 saturated heterocycles. The zero-order valence-corrected chi connectivity index (χ0v) is 18.3. The Morgan fingerprint density at radius 2 is 1.94 bits per heavy atom. The third-order valence-corrected chi connectivity index (χ3v) is 8.89. The van der Waals surface area contributed by atoms with Crippen LogP contribution in [0.1, 0.15) is 32.1 Å². The van der Waals surface area contributed by atoms with Crippen molar-refractivity contribution in [3.63, 3.8) is 0 Å². The molecule has 1 aliphatic carbocycles. The van der Waals surface area contributed by atoms with Crippen molar-refractivity contribution in [3.8, 4) is 6.07 Å². The Balaban J connectivity index is 1.44. The molecule has 2 N–H and O–H groups in total. The number of sulfone groups is 1. The molecule has 2 atom stereocenters. The number of carbonyl (C=O) groups is 1. The minimum absolute atomic E-state index is 0.0316. The molecule has 3 aliphatic rings. The third-order valence-electron chi connectivity index (χ3n) is 6.25. The van der Waals surface area contributed by atoms with Crippen molar-refractivity contribution < 1.29 is 22.0 Å². The van der Waals surface area contributed by atoms with Crippen molar-refractivity contribution in [1.29, 1.82) is 5.26 Å². The predicted octanol–water partition coefficient (Wildman–Crippen LogP) is 2.25. The van der Waals surface area contributed by atoms with Gasteiger partial charge in [0.1, 0.15) is 5.54 Å². The smallest absolute Gasteiger partial charge is 0.251 e. The van der Waals surface area contributed by atoms with Gasteiger partial charge in [0, 0.05) is 38.2 Å². The molecule has 0 spiro atoms. The van der Waals surface area contributed by atoms with E-state index in [0.717, 1.165) is 0 Å². The van der Waals surface area contributed by atoms with Crippen LogP contribution in [0.2, 0.25) is 5.02 Å². The highest BCUT2D eigenvalue weighted by molar-refractivity contribution is 7.92. The Morgan fingerprint density at radius 1 is 1.26 bits per heavy atom. The highest BCUT2D eigenvalue weighted by Crippen LogP contribution is 2.36. The lowest BCUT2D eigenvalue weighted by Crippen LogP contribution is -2.45. The minimum Gasteiger partial charge on any atom is -0.371 e. The first kappa shape index (κ1) is 22.2. The molecule has 31 heavy (non-hydrogen) atoms. The van der Waals surface area contributed by atoms with E-state index in [9.17, 15) is 22.0 Å². The van der Waals surface area contributed by atoms with Crippen LogP contribution in [0.15, 0.2) is 23.1 Å². The van der Waals surface area contributed by atoms with Gasteiger partial charge in [-0.25, -0.2) is 17.2 Å². The number of halogens is 3. The molecule has 0 aromatic heterocycles. The summed E-state index contributed by atoms with van der Waals surface area (Å²) in [5.41, 5.74) is -0.208. The lowest BCUT2D eigenvalue weighted by molar-refractivity contribution is -0.123. The summed E-state index contributed by atoms with van der Waals surface area (Å²) in [4.78, 5) is 14.1. The van der Waals surface area contributed by atoms with Gasteiger partial charge in [0.15, 0.2) is 9.84 Å². The van der Waals surface area contributed by atoms with Crippen LogP contribution in [0.4, 0.5) is 14.5 Å². The molecule has 2 aliphatic heterocycles. The van der Waals surface area contributed by atoms with E-state index in [1.807, 2.05) is 0 Å². The van der Waals surface area contributed by atoms with Crippen molar-refractivity contribution in [3.05, 3.63) is 23.2 Å². The maximum absolute atomic E-state index is 13.4. The van der Waals surface area contributed by atoms with Crippen molar-refractivity contribution in [2.75, 3.05) is 24.5 Å². The highest BCUT2D eigenvalue weighted by Gasteiger charge is 2.47. The van der Waals surface area contributed by atoms with Gasteiger partial charge in [-0.3, -0.25) is 4.79 Å². The Hall–Kier alpha value is -1.96. The maximum atomic E-state index is 13.4. The van der Waals surface area contributed by atoms with Gasteiger partial charge in [-0.2, -0.15) is 5.26 Å². The van der Waals surface area contributed by atoms with Crippen LogP contribution in [0.25, 0.3) is 0 Å². The van der Waals surface area contributed by atoms with Crippen LogP contribution in [0.5, 0.6) is 0 Å². The van der Waals surface area contributed by atoms with Crippen molar-refractivity contribution in [2.45, 2.75) is 59.8 Å². The van der Waals surface area contributed by atoms with E-state index in [4.69, 9.17) is 16.9 Å². The largest absolute Gasteiger partial charge is 0.371 e. The summed E-state index contributed by atoms with van der Waals surface area (Å²) >= 11 is 6.29. The average molecular weight is 473 g/mol. The van der Waals surface area contributed by atoms with Crippen LogP contribution in [-0.4, -0.2) is 56.7 Å². The van der Waals surface area contributed by atoms with Crippen LogP contribution in [-0.2, 0) is 14.6 Å². The molecule has 3 fully saturated rings. The molecular weight excluding hydrogens is 450 g/mol. The second-order valence-electron chi connectivity index (χ2n) is 8.50. The molecule has 11 heteroatoms. The number of hydrogen-bond donors (Lipinski definition) is 2. The maximum Gasteiger partial charge on any atom is 0.251 e. The monoisotopic (exact) mass is 472 g/mol. The van der Waals surface area contributed by atoms with Gasteiger partial charge < -0.3 is 15.5 Å². The molecule has 1 aromatic rings. The van der Waals surface area contributed by atoms with Crippen molar-refractivity contribution in [2.24, 2.45) is 0 Å². The van der Waals surface area contributed by atoms with Gasteiger partial charge in [-0.15, -0.1) is 0 Å². The molecule has 2 heterocycles. The zero-order chi connectivity index (χ0) is 22.4. The number of anilines is 1. The second-order valence-corrected chi connectivity index (χ2v) is 11.1. The fourth-order valence-corrected chi connectivity index (χ4v) is 6.25. The average Bonchev–Trinajstić information content (AvgIpc) is 3.29. The van der Waals surface area contributed by atoms with Crippen LogP contribution < -0.4 is 15.5 Å². The molecule has 0 radical (unpaired) electrons. The SMILES string of the molecule is N#CC1(NC(=O)[C@@H]2C[C@@H](S(=O)(=O)c3ccc(N4CCC(F)(F)CC4)cc3Cl)CN2)CC1. The standard InChI is InChI=1S/C20H23ClF2N4O3S/c21-15-9-13(27-7-5-20(22,23)6-8-27)1-2-17(15)31(29,30)14-10-16(25-11-14)18(28)26-19(12-24)3-4-19/h1-2,9,14,16,25H,3-8,10-11H2,(H,26,28)/t14-,16+/m1/s1. The summed E-state index contributed by atoms with van der Waals surface area (Å²) in [6.45, 7) is 0.436. The lowest BCUT2D eigenvalue weighted by atomic mass is 10.1. The predicted molar refractivity (Wildman–Crippen MR) is 111 cm³/mol. The summed E-state index contributed by atoms with van der Waals surface area (Å²) in [6, 6.07) is 5.86. The number of rotatable bonds is 5. The van der Waals surface area contributed by atoms with Gasteiger partial charge >= 0.3 is 0 Å². The van der Waals surface area contributed by atoms with E-state index < -0.39 is 32.6 Å². The third kappa shape index (κ3) is 4.49. The molecule has 4 rings (SSSR count). The van der Waals surface area contributed by atoms with Gasteiger partial charge in [0.05, 0.1) is 27.3 Å². The number of nitrogens with one attached hydrogen (secondary N) is 2. The van der Waals surface area contributed by atoms with Crippen LogP contribution >= 0.6 is 11.6 Å². The molecule has 1 saturated carbocycles. The highest BCUT2D eigenvalue weighted by atomic mass is 35.5. The molecular formula is C20H23ClF2N4O3S. The first-order valence-corrected chi connectivity index (χ1v) is 12.1. The van der Waals surface area contributed by atoms with E-state index in [2.05, 4.69) is 16.7 Å². The fraction of sp³-hybridized carbons (Fsp3) is 0.600. The van der Waals surface area contributed by atoms with Gasteiger partial charge in [-0.1, -0.05) is 11.6 Å². The number of nitrogens with zero attached hydrogens (tertiary/aromatic N) is 2. The molecule has 0 bridgehead atoms. The lowest BCUT2D eigenvalue weighted by Gasteiger charge is -2.33. The van der Waals surface area contributed by atoms with E-state index in [1.165, 1.54) is 12.1 Å². The van der Waals surface area contributed by atoms with Gasteiger partial charge in [-0.05, 0) is 37.5 Å². The summed E-state index contributed by atoms with van der Waals surface area (Å²) in [5.74, 6) is -3.05. The zero-order valence-electron chi connectivity index (χ0n) is 16.7. The van der Waals surface area contributed by atoms with E-state index in [0.29, 0.717) is 18.5 Å². The van der Waals surface area contributed by atoms with Crippen molar-refractivity contribution in [1.82, 2.24) is 10.6 Å². The second kappa shape index (κ2) is 7.87. The summed E-state index contributed by atoms with van der Waals surface area (Å²) in [7, 11) is -3.81. The van der Waals surface area contributed by atoms with E-state index in [-0.39, 0.29) is 54.7 Å². The Kier molecular flexibility index (Phi) is 5.65. The normalized spacial score (nSPS) is 26.8. The molecule has 1 amide bonds. The van der Waals surface area contributed by atoms with Gasteiger partial charge in [0.25, 0.3) is 5.92 Å². The number of hydrogen-bond acceptors (Lipinski definition) is 6. The fourth-order valence-electron chi connectivity index (χ4n) is 4.04. The van der Waals surface area contributed by atoms with Crippen LogP contribution in [0.3, 0.4) is 0 Å². The molecule has 7 nitrogen and oxygen atoms in total. The Morgan fingerprint density at radius 3 is 2.52 bits per heavy atom. The van der Waals surface area contributed by atoms with Gasteiger partial charge in [0.2, 0.25) is 5.91 Å². The Labute approximate surface area is 184 Å². The van der Waals surface area contributed by atoms with E-state index >= 15 is 0 Å². The number of benzene rings is 1. The quantitative estimate of drug-likeness (QED) is 0.681. The Bertz CT molecular complexity index is 1030.